The number of aldehydes is 1. The van der Waals surface area contributed by atoms with Gasteiger partial charge in [0.2, 0.25) is 0 Å². The molecular formula is C12H16O. The third kappa shape index (κ3) is 3.41. The number of carbonyl (C=O) groups is 1. The summed E-state index contributed by atoms with van der Waals surface area (Å²) in [4.78, 5) is 10.6. The summed E-state index contributed by atoms with van der Waals surface area (Å²) in [7, 11) is 0. The molecule has 1 nitrogen and oxygen atoms in total. The zero-order valence-corrected chi connectivity index (χ0v) is 8.07. The highest BCUT2D eigenvalue weighted by Gasteiger charge is 2.03. The van der Waals surface area contributed by atoms with Crippen LogP contribution in [0.5, 0.6) is 0 Å². The van der Waals surface area contributed by atoms with Crippen molar-refractivity contribution in [1.29, 1.82) is 0 Å². The third-order valence-electron chi connectivity index (χ3n) is 2.36. The van der Waals surface area contributed by atoms with E-state index < -0.39 is 0 Å². The van der Waals surface area contributed by atoms with Crippen molar-refractivity contribution in [2.45, 2.75) is 26.2 Å². The summed E-state index contributed by atoms with van der Waals surface area (Å²) >= 11 is 0. The van der Waals surface area contributed by atoms with E-state index in [9.17, 15) is 4.79 Å². The van der Waals surface area contributed by atoms with Gasteiger partial charge in [0.05, 0.1) is 0 Å². The van der Waals surface area contributed by atoms with E-state index in [2.05, 4.69) is 19.1 Å². The molecule has 0 saturated carbocycles. The van der Waals surface area contributed by atoms with Gasteiger partial charge < -0.3 is 4.79 Å². The minimum Gasteiger partial charge on any atom is -0.303 e. The van der Waals surface area contributed by atoms with Crippen LogP contribution in [0.2, 0.25) is 0 Å². The Morgan fingerprint density at radius 3 is 2.54 bits per heavy atom. The fraction of sp³-hybridized carbons (Fsp3) is 0.417. The normalized spacial score (nSPS) is 12.4. The largest absolute Gasteiger partial charge is 0.303 e. The Hall–Kier alpha value is -1.11. The van der Waals surface area contributed by atoms with Gasteiger partial charge in [0.1, 0.15) is 6.29 Å². The number of hydrogen-bond donors (Lipinski definition) is 0. The molecule has 70 valence electrons. The van der Waals surface area contributed by atoms with E-state index >= 15 is 0 Å². The first-order valence-corrected chi connectivity index (χ1v) is 4.86. The van der Waals surface area contributed by atoms with Gasteiger partial charge in [-0.25, -0.2) is 0 Å². The molecule has 0 heterocycles. The summed E-state index contributed by atoms with van der Waals surface area (Å²) in [6, 6.07) is 10.3. The number of benzene rings is 1. The molecule has 0 amide bonds. The summed E-state index contributed by atoms with van der Waals surface area (Å²) in [6.07, 6.45) is 4.02. The average Bonchev–Trinajstić information content (AvgIpc) is 2.21. The van der Waals surface area contributed by atoms with Gasteiger partial charge >= 0.3 is 0 Å². The molecule has 0 radical (unpaired) electrons. The molecule has 13 heavy (non-hydrogen) atoms. The minimum atomic E-state index is 0.236. The molecule has 0 aliphatic heterocycles. The lowest BCUT2D eigenvalue weighted by Crippen LogP contribution is -2.01. The van der Waals surface area contributed by atoms with Gasteiger partial charge in [-0.15, -0.1) is 0 Å². The zero-order valence-electron chi connectivity index (χ0n) is 8.07. The van der Waals surface area contributed by atoms with Crippen molar-refractivity contribution in [2.24, 2.45) is 5.92 Å². The van der Waals surface area contributed by atoms with Crippen LogP contribution in [0.15, 0.2) is 30.3 Å². The summed E-state index contributed by atoms with van der Waals surface area (Å²) in [5, 5.41) is 0. The molecule has 0 fully saturated rings. The lowest BCUT2D eigenvalue weighted by molar-refractivity contribution is -0.111. The molecular weight excluding hydrogens is 160 g/mol. The first-order valence-electron chi connectivity index (χ1n) is 4.86. The third-order valence-corrected chi connectivity index (χ3v) is 2.36. The van der Waals surface area contributed by atoms with Crippen LogP contribution in [-0.2, 0) is 11.2 Å². The highest BCUT2D eigenvalue weighted by Crippen LogP contribution is 2.10. The van der Waals surface area contributed by atoms with Crippen molar-refractivity contribution in [2.75, 3.05) is 0 Å². The summed E-state index contributed by atoms with van der Waals surface area (Å²) in [6.45, 7) is 2.06. The lowest BCUT2D eigenvalue weighted by Gasteiger charge is -2.06. The minimum absolute atomic E-state index is 0.236. The van der Waals surface area contributed by atoms with Crippen molar-refractivity contribution in [3.05, 3.63) is 35.9 Å². The molecule has 0 aromatic heterocycles. The van der Waals surface area contributed by atoms with Crippen molar-refractivity contribution in [3.63, 3.8) is 0 Å². The first-order chi connectivity index (χ1) is 6.36. The predicted octanol–water partition coefficient (Wildman–Crippen LogP) is 2.84. The molecule has 0 spiro atoms. The summed E-state index contributed by atoms with van der Waals surface area (Å²) in [5.74, 6) is 0.236. The molecule has 0 aliphatic carbocycles. The SMILES string of the molecule is CCC(C=O)CCc1ccccc1. The van der Waals surface area contributed by atoms with Crippen LogP contribution in [0.25, 0.3) is 0 Å². The Morgan fingerprint density at radius 1 is 1.31 bits per heavy atom. The van der Waals surface area contributed by atoms with Gasteiger partial charge in [-0.05, 0) is 24.8 Å². The number of aryl methyl sites for hydroxylation is 1. The Bertz CT molecular complexity index is 241. The molecule has 1 heteroatoms. The van der Waals surface area contributed by atoms with E-state index in [1.54, 1.807) is 0 Å². The van der Waals surface area contributed by atoms with E-state index in [-0.39, 0.29) is 5.92 Å². The predicted molar refractivity (Wildman–Crippen MR) is 54.6 cm³/mol. The van der Waals surface area contributed by atoms with Gasteiger partial charge in [-0.3, -0.25) is 0 Å². The van der Waals surface area contributed by atoms with Crippen molar-refractivity contribution in [3.8, 4) is 0 Å². The second-order valence-electron chi connectivity index (χ2n) is 3.33. The van der Waals surface area contributed by atoms with E-state index in [0.29, 0.717) is 0 Å². The van der Waals surface area contributed by atoms with Gasteiger partial charge in [0.25, 0.3) is 0 Å². The van der Waals surface area contributed by atoms with Gasteiger partial charge in [0.15, 0.2) is 0 Å². The van der Waals surface area contributed by atoms with Crippen molar-refractivity contribution >= 4 is 6.29 Å². The van der Waals surface area contributed by atoms with E-state index in [0.717, 1.165) is 25.5 Å². The second kappa shape index (κ2) is 5.52. The topological polar surface area (TPSA) is 17.1 Å². The van der Waals surface area contributed by atoms with Crippen molar-refractivity contribution < 1.29 is 4.79 Å². The standard InChI is InChI=1S/C12H16O/c1-2-11(10-13)8-9-12-6-4-3-5-7-12/h3-7,10-11H,2,8-9H2,1H3. The van der Waals surface area contributed by atoms with Crippen LogP contribution >= 0.6 is 0 Å². The number of rotatable bonds is 5. The maximum Gasteiger partial charge on any atom is 0.123 e. The molecule has 1 atom stereocenters. The lowest BCUT2D eigenvalue weighted by atomic mass is 9.99. The monoisotopic (exact) mass is 176 g/mol. The zero-order chi connectivity index (χ0) is 9.52. The average molecular weight is 176 g/mol. The number of hydrogen-bond acceptors (Lipinski definition) is 1. The maximum atomic E-state index is 10.6. The van der Waals surface area contributed by atoms with Crippen LogP contribution in [0.4, 0.5) is 0 Å². The van der Waals surface area contributed by atoms with E-state index in [1.165, 1.54) is 5.56 Å². The second-order valence-corrected chi connectivity index (χ2v) is 3.33. The molecule has 0 bridgehead atoms. The van der Waals surface area contributed by atoms with Crippen LogP contribution in [0, 0.1) is 5.92 Å². The quantitative estimate of drug-likeness (QED) is 0.630. The van der Waals surface area contributed by atoms with Crippen LogP contribution in [-0.4, -0.2) is 6.29 Å². The molecule has 1 rings (SSSR count). The summed E-state index contributed by atoms with van der Waals surface area (Å²) in [5.41, 5.74) is 1.32. The van der Waals surface area contributed by atoms with E-state index in [1.807, 2.05) is 18.2 Å². The van der Waals surface area contributed by atoms with Crippen LogP contribution in [0.1, 0.15) is 25.3 Å². The smallest absolute Gasteiger partial charge is 0.123 e. The van der Waals surface area contributed by atoms with Crippen LogP contribution < -0.4 is 0 Å². The maximum absolute atomic E-state index is 10.6. The van der Waals surface area contributed by atoms with Crippen LogP contribution in [0.3, 0.4) is 0 Å². The fourth-order valence-electron chi connectivity index (χ4n) is 1.37. The van der Waals surface area contributed by atoms with Gasteiger partial charge in [0, 0.05) is 5.92 Å². The Labute approximate surface area is 79.8 Å². The molecule has 0 aliphatic rings. The Kier molecular flexibility index (Phi) is 4.24. The Morgan fingerprint density at radius 2 is 2.00 bits per heavy atom. The number of carbonyl (C=O) groups excluding carboxylic acids is 1. The highest BCUT2D eigenvalue weighted by atomic mass is 16.1. The summed E-state index contributed by atoms with van der Waals surface area (Å²) < 4.78 is 0. The highest BCUT2D eigenvalue weighted by molar-refractivity contribution is 5.53. The molecule has 0 saturated heterocycles. The van der Waals surface area contributed by atoms with Gasteiger partial charge in [-0.1, -0.05) is 37.3 Å². The molecule has 1 aromatic rings. The Balaban J connectivity index is 2.38. The van der Waals surface area contributed by atoms with Crippen molar-refractivity contribution in [1.82, 2.24) is 0 Å². The van der Waals surface area contributed by atoms with E-state index in [4.69, 9.17) is 0 Å². The fourth-order valence-corrected chi connectivity index (χ4v) is 1.37. The first kappa shape index (κ1) is 9.97. The van der Waals surface area contributed by atoms with Gasteiger partial charge in [-0.2, -0.15) is 0 Å². The molecule has 1 aromatic carbocycles. The molecule has 0 N–H and O–H groups in total. The molecule has 1 unspecified atom stereocenters.